The summed E-state index contributed by atoms with van der Waals surface area (Å²) < 4.78 is 2.56. The SMILES string of the molecule is C1=CCCC(C2=C(C3=c4nc(C5=CC6=CC=CCC6CC5)n(-c5ccccc5)c4=C(c4ccccc4C4=CC=CCC4)C4CC=CC=C34)C=CCC2)=C1. The molecule has 0 N–H and O–H groups in total. The number of benzene rings is 2. The topological polar surface area (TPSA) is 17.8 Å². The normalized spacial score (nSPS) is 23.1. The van der Waals surface area contributed by atoms with Crippen molar-refractivity contribution in [3.05, 3.63) is 201 Å². The minimum atomic E-state index is 0.204. The number of para-hydroxylation sites is 1. The summed E-state index contributed by atoms with van der Waals surface area (Å²) in [6.45, 7) is 0. The van der Waals surface area contributed by atoms with Crippen LogP contribution < -0.4 is 10.7 Å². The van der Waals surface area contributed by atoms with E-state index in [1.54, 1.807) is 0 Å². The Morgan fingerprint density at radius 3 is 2.19 bits per heavy atom. The van der Waals surface area contributed by atoms with Crippen molar-refractivity contribution >= 4 is 22.3 Å². The zero-order valence-corrected chi connectivity index (χ0v) is 30.5. The van der Waals surface area contributed by atoms with Gasteiger partial charge in [0.15, 0.2) is 0 Å². The highest BCUT2D eigenvalue weighted by Crippen LogP contribution is 2.46. The molecule has 2 heteroatoms. The molecule has 0 saturated carbocycles. The molecule has 0 radical (unpaired) electrons. The number of fused-ring (bicyclic) bond motifs is 3. The second-order valence-electron chi connectivity index (χ2n) is 15.4. The Bertz CT molecular complexity index is 2490. The smallest absolute Gasteiger partial charge is 0.141 e. The van der Waals surface area contributed by atoms with E-state index in [-0.39, 0.29) is 5.92 Å². The van der Waals surface area contributed by atoms with E-state index in [9.17, 15) is 0 Å². The summed E-state index contributed by atoms with van der Waals surface area (Å²) in [5.41, 5.74) is 16.6. The predicted octanol–water partition coefficient (Wildman–Crippen LogP) is 11.1. The summed E-state index contributed by atoms with van der Waals surface area (Å²) in [6.07, 6.45) is 45.9. The van der Waals surface area contributed by atoms with E-state index in [4.69, 9.17) is 4.98 Å². The lowest BCUT2D eigenvalue weighted by molar-refractivity contribution is 0.570. The molecule has 2 atom stereocenters. The monoisotopic (exact) mass is 686 g/mol. The Labute approximate surface area is 313 Å². The molecule has 1 heterocycles. The Kier molecular flexibility index (Phi) is 8.40. The lowest BCUT2D eigenvalue weighted by Crippen LogP contribution is -2.41. The molecule has 3 aromatic rings. The number of rotatable bonds is 6. The van der Waals surface area contributed by atoms with Crippen molar-refractivity contribution in [3.8, 4) is 5.69 Å². The van der Waals surface area contributed by atoms with Crippen LogP contribution in [0.25, 0.3) is 28.0 Å². The van der Waals surface area contributed by atoms with E-state index in [0.717, 1.165) is 75.4 Å². The quantitative estimate of drug-likeness (QED) is 0.252. The predicted molar refractivity (Wildman–Crippen MR) is 221 cm³/mol. The third kappa shape index (κ3) is 5.67. The maximum Gasteiger partial charge on any atom is 0.141 e. The van der Waals surface area contributed by atoms with Gasteiger partial charge in [0, 0.05) is 17.2 Å². The molecule has 260 valence electrons. The number of hydrogen-bond acceptors (Lipinski definition) is 1. The average molecular weight is 687 g/mol. The summed E-state index contributed by atoms with van der Waals surface area (Å²) in [5, 5.41) is 2.40. The van der Waals surface area contributed by atoms with Gasteiger partial charge in [0.2, 0.25) is 0 Å². The van der Waals surface area contributed by atoms with Crippen molar-refractivity contribution in [1.82, 2.24) is 9.55 Å². The van der Waals surface area contributed by atoms with Crippen LogP contribution in [0.4, 0.5) is 0 Å². The van der Waals surface area contributed by atoms with Gasteiger partial charge < -0.3 is 0 Å². The maximum absolute atomic E-state index is 5.93. The molecule has 53 heavy (non-hydrogen) atoms. The molecule has 0 fully saturated rings. The summed E-state index contributed by atoms with van der Waals surface area (Å²) in [4.78, 5) is 5.93. The first-order valence-electron chi connectivity index (χ1n) is 19.9. The largest absolute Gasteiger partial charge is 0.292 e. The third-order valence-corrected chi connectivity index (χ3v) is 12.3. The maximum atomic E-state index is 5.93. The molecule has 0 amide bonds. The molecule has 10 rings (SSSR count). The van der Waals surface area contributed by atoms with Crippen LogP contribution in [-0.2, 0) is 0 Å². The van der Waals surface area contributed by atoms with Crippen LogP contribution in [0.1, 0.15) is 81.2 Å². The molecule has 0 bridgehead atoms. The van der Waals surface area contributed by atoms with Crippen molar-refractivity contribution in [2.24, 2.45) is 11.8 Å². The Morgan fingerprint density at radius 1 is 0.623 bits per heavy atom. The fourth-order valence-electron chi connectivity index (χ4n) is 9.78. The van der Waals surface area contributed by atoms with E-state index in [1.165, 1.54) is 72.3 Å². The molecule has 2 aromatic carbocycles. The molecule has 0 spiro atoms. The summed E-state index contributed by atoms with van der Waals surface area (Å²) in [5.74, 6) is 1.90. The number of imidazole rings is 1. The number of allylic oxidation sites excluding steroid dienone is 22. The van der Waals surface area contributed by atoms with Crippen LogP contribution in [0.15, 0.2) is 174 Å². The molecular weight excluding hydrogens is 641 g/mol. The van der Waals surface area contributed by atoms with Gasteiger partial charge in [-0.25, -0.2) is 4.98 Å². The highest BCUT2D eigenvalue weighted by atomic mass is 15.1. The van der Waals surface area contributed by atoms with Crippen LogP contribution in [0.3, 0.4) is 0 Å². The second kappa shape index (κ2) is 13.8. The van der Waals surface area contributed by atoms with Crippen LogP contribution >= 0.6 is 0 Å². The van der Waals surface area contributed by atoms with Crippen molar-refractivity contribution in [2.75, 3.05) is 0 Å². The summed E-state index contributed by atoms with van der Waals surface area (Å²) in [6, 6.07) is 20.3. The second-order valence-corrected chi connectivity index (χ2v) is 15.4. The van der Waals surface area contributed by atoms with E-state index in [0.29, 0.717) is 5.92 Å². The Morgan fingerprint density at radius 2 is 1.36 bits per heavy atom. The standard InChI is InChI=1S/C51H46N2/c1-4-19-36(20-5-1)41-26-12-14-28-43(41)47-45-30-16-17-31-46(45)48(44-29-15-13-27-42(44)37-21-6-2-7-22-37)50-49(47)52-51(53(50)40-24-8-3-9-25-40)39-33-32-35-18-10-11-23-38(35)34-39/h1-4,6,8-11,13-17,19,21,23-25,27-30,34-35,46H,5,7,12,18,20,22,26,31-33H2. The van der Waals surface area contributed by atoms with Gasteiger partial charge in [-0.2, -0.15) is 0 Å². The molecular formula is C51H46N2. The number of aromatic nitrogens is 2. The highest BCUT2D eigenvalue weighted by Gasteiger charge is 2.36. The molecule has 1 aromatic heterocycles. The molecule has 7 aliphatic carbocycles. The number of nitrogens with zero attached hydrogens (tertiary/aromatic N) is 2. The highest BCUT2D eigenvalue weighted by molar-refractivity contribution is 5.93. The van der Waals surface area contributed by atoms with Crippen LogP contribution in [0, 0.1) is 11.8 Å². The Balaban J connectivity index is 1.39. The van der Waals surface area contributed by atoms with Crippen LogP contribution in [0.5, 0.6) is 0 Å². The average Bonchev–Trinajstić information content (AvgIpc) is 3.63. The molecule has 2 nitrogen and oxygen atoms in total. The lowest BCUT2D eigenvalue weighted by atomic mass is 9.71. The van der Waals surface area contributed by atoms with Gasteiger partial charge in [0.25, 0.3) is 0 Å². The van der Waals surface area contributed by atoms with Crippen molar-refractivity contribution in [3.63, 3.8) is 0 Å². The van der Waals surface area contributed by atoms with E-state index >= 15 is 0 Å². The molecule has 0 saturated heterocycles. The first kappa shape index (κ1) is 32.2. The van der Waals surface area contributed by atoms with Gasteiger partial charge >= 0.3 is 0 Å². The fraction of sp³-hybridized carbons (Fsp3) is 0.235. The minimum Gasteiger partial charge on any atom is -0.292 e. The van der Waals surface area contributed by atoms with E-state index in [2.05, 4.69) is 150 Å². The fourth-order valence-corrected chi connectivity index (χ4v) is 9.78. The van der Waals surface area contributed by atoms with E-state index < -0.39 is 0 Å². The van der Waals surface area contributed by atoms with Crippen molar-refractivity contribution < 1.29 is 0 Å². The first-order chi connectivity index (χ1) is 26.3. The van der Waals surface area contributed by atoms with Crippen molar-refractivity contribution in [1.29, 1.82) is 0 Å². The van der Waals surface area contributed by atoms with Crippen LogP contribution in [0.2, 0.25) is 0 Å². The first-order valence-corrected chi connectivity index (χ1v) is 19.9. The Hall–Kier alpha value is -5.47. The van der Waals surface area contributed by atoms with Crippen LogP contribution in [-0.4, -0.2) is 9.55 Å². The van der Waals surface area contributed by atoms with Gasteiger partial charge in [0.05, 0.1) is 10.7 Å². The summed E-state index contributed by atoms with van der Waals surface area (Å²) in [7, 11) is 0. The van der Waals surface area contributed by atoms with Gasteiger partial charge in [-0.3, -0.25) is 4.57 Å². The zero-order valence-electron chi connectivity index (χ0n) is 30.5. The third-order valence-electron chi connectivity index (χ3n) is 12.3. The van der Waals surface area contributed by atoms with Gasteiger partial charge in [-0.1, -0.05) is 134 Å². The van der Waals surface area contributed by atoms with Gasteiger partial charge in [0.1, 0.15) is 5.82 Å². The lowest BCUT2D eigenvalue weighted by Gasteiger charge is -2.33. The van der Waals surface area contributed by atoms with Gasteiger partial charge in [-0.05, 0) is 138 Å². The number of hydrogen-bond donors (Lipinski definition) is 0. The van der Waals surface area contributed by atoms with Crippen molar-refractivity contribution in [2.45, 2.75) is 64.2 Å². The minimum absolute atomic E-state index is 0.204. The molecule has 0 aliphatic heterocycles. The molecule has 7 aliphatic rings. The van der Waals surface area contributed by atoms with Gasteiger partial charge in [-0.15, -0.1) is 0 Å². The van der Waals surface area contributed by atoms with E-state index in [1.807, 2.05) is 0 Å². The summed E-state index contributed by atoms with van der Waals surface area (Å²) >= 11 is 0. The zero-order chi connectivity index (χ0) is 35.1. The molecule has 2 unspecified atom stereocenters.